The number of nitrogens with one attached hydrogen (secondary N) is 1. The number of ether oxygens (including phenoxy) is 1. The molecule has 13 heteroatoms. The van der Waals surface area contributed by atoms with E-state index in [2.05, 4.69) is 5.32 Å². The van der Waals surface area contributed by atoms with Crippen LogP contribution < -0.4 is 14.4 Å². The Hall–Kier alpha value is -4.16. The second kappa shape index (κ2) is 13.4. The Bertz CT molecular complexity index is 1610. The molecule has 3 rings (SSSR count). The summed E-state index contributed by atoms with van der Waals surface area (Å²) in [6, 6.07) is 15.7. The minimum absolute atomic E-state index is 0.00890. The molecule has 0 bridgehead atoms. The van der Waals surface area contributed by atoms with E-state index in [1.807, 2.05) is 26.8 Å². The van der Waals surface area contributed by atoms with Gasteiger partial charge in [-0.2, -0.15) is 0 Å². The first-order chi connectivity index (χ1) is 20.0. The van der Waals surface area contributed by atoms with Crippen molar-refractivity contribution >= 4 is 44.8 Å². The standard InChI is InChI=1S/C30H35ClN4O7S/c1-20-12-14-24(17-25(20)35(38)39)43(40,41)34(26-16-23(31)13-15-27(26)42-6)19-28(36)33(18-22-10-8-7-9-11-22)21(2)29(37)32-30(3,4)5/h7-17,21H,18-19H2,1-6H3,(H,32,37)/t21-/m0/s1. The number of carbonyl (C=O) groups is 2. The summed E-state index contributed by atoms with van der Waals surface area (Å²) in [4.78, 5) is 39.1. The van der Waals surface area contributed by atoms with Gasteiger partial charge in [-0.25, -0.2) is 8.42 Å². The number of methoxy groups -OCH3 is 1. The first-order valence-electron chi connectivity index (χ1n) is 13.3. The summed E-state index contributed by atoms with van der Waals surface area (Å²) in [6.07, 6.45) is 0. The summed E-state index contributed by atoms with van der Waals surface area (Å²) in [6.45, 7) is 7.71. The lowest BCUT2D eigenvalue weighted by Crippen LogP contribution is -2.54. The van der Waals surface area contributed by atoms with Crippen LogP contribution in [0, 0.1) is 17.0 Å². The van der Waals surface area contributed by atoms with Crippen molar-refractivity contribution in [2.24, 2.45) is 0 Å². The van der Waals surface area contributed by atoms with Gasteiger partial charge in [-0.15, -0.1) is 0 Å². The van der Waals surface area contributed by atoms with E-state index in [9.17, 15) is 28.1 Å². The van der Waals surface area contributed by atoms with Gasteiger partial charge in [-0.05, 0) is 64.4 Å². The van der Waals surface area contributed by atoms with Gasteiger partial charge in [0.15, 0.2) is 0 Å². The number of hydrogen-bond acceptors (Lipinski definition) is 7. The summed E-state index contributed by atoms with van der Waals surface area (Å²) in [5, 5.41) is 14.7. The predicted molar refractivity (Wildman–Crippen MR) is 165 cm³/mol. The van der Waals surface area contributed by atoms with Crippen LogP contribution in [-0.4, -0.2) is 55.3 Å². The second-order valence-electron chi connectivity index (χ2n) is 11.0. The van der Waals surface area contributed by atoms with Gasteiger partial charge in [-0.3, -0.25) is 24.0 Å². The molecule has 0 aromatic heterocycles. The second-order valence-corrected chi connectivity index (χ2v) is 13.3. The molecule has 0 saturated heterocycles. The number of rotatable bonds is 11. The van der Waals surface area contributed by atoms with Crippen molar-refractivity contribution in [3.05, 3.63) is 93.0 Å². The van der Waals surface area contributed by atoms with Gasteiger partial charge in [0.05, 0.1) is 22.6 Å². The fraction of sp³-hybridized carbons (Fsp3) is 0.333. The molecule has 11 nitrogen and oxygen atoms in total. The Balaban J connectivity index is 2.16. The van der Waals surface area contributed by atoms with Crippen LogP contribution in [0.3, 0.4) is 0 Å². The molecule has 43 heavy (non-hydrogen) atoms. The maximum absolute atomic E-state index is 14.2. The first kappa shape index (κ1) is 33.3. The fourth-order valence-electron chi connectivity index (χ4n) is 4.28. The van der Waals surface area contributed by atoms with Crippen LogP contribution in [0.5, 0.6) is 5.75 Å². The van der Waals surface area contributed by atoms with Crippen LogP contribution >= 0.6 is 11.6 Å². The Morgan fingerprint density at radius 1 is 1.07 bits per heavy atom. The first-order valence-corrected chi connectivity index (χ1v) is 15.1. The van der Waals surface area contributed by atoms with E-state index >= 15 is 0 Å². The monoisotopic (exact) mass is 630 g/mol. The molecule has 2 amide bonds. The van der Waals surface area contributed by atoms with E-state index in [0.29, 0.717) is 0 Å². The van der Waals surface area contributed by atoms with Gasteiger partial charge in [0, 0.05) is 28.7 Å². The maximum Gasteiger partial charge on any atom is 0.273 e. The third kappa shape index (κ3) is 8.23. The van der Waals surface area contributed by atoms with Gasteiger partial charge in [0.25, 0.3) is 15.7 Å². The van der Waals surface area contributed by atoms with Crippen molar-refractivity contribution in [2.45, 2.75) is 57.6 Å². The predicted octanol–water partition coefficient (Wildman–Crippen LogP) is 5.09. The third-order valence-electron chi connectivity index (χ3n) is 6.51. The zero-order valence-corrected chi connectivity index (χ0v) is 26.4. The van der Waals surface area contributed by atoms with Gasteiger partial charge in [0.2, 0.25) is 11.8 Å². The molecular formula is C30H35ClN4O7S. The van der Waals surface area contributed by atoms with E-state index in [-0.39, 0.29) is 28.6 Å². The number of sulfonamides is 1. The molecule has 0 aliphatic rings. The molecule has 230 valence electrons. The average Bonchev–Trinajstić information content (AvgIpc) is 2.93. The molecular weight excluding hydrogens is 596 g/mol. The highest BCUT2D eigenvalue weighted by Crippen LogP contribution is 2.36. The minimum Gasteiger partial charge on any atom is -0.495 e. The van der Waals surface area contributed by atoms with E-state index in [1.54, 1.807) is 31.2 Å². The highest BCUT2D eigenvalue weighted by molar-refractivity contribution is 7.92. The number of anilines is 1. The number of nitrogens with zero attached hydrogens (tertiary/aromatic N) is 3. The zero-order valence-electron chi connectivity index (χ0n) is 24.8. The van der Waals surface area contributed by atoms with E-state index in [1.165, 1.54) is 49.3 Å². The number of carbonyl (C=O) groups excluding carboxylic acids is 2. The number of hydrogen-bond donors (Lipinski definition) is 1. The van der Waals surface area contributed by atoms with E-state index < -0.39 is 55.5 Å². The fourth-order valence-corrected chi connectivity index (χ4v) is 5.89. The van der Waals surface area contributed by atoms with Gasteiger partial charge >= 0.3 is 0 Å². The van der Waals surface area contributed by atoms with Crippen molar-refractivity contribution in [2.75, 3.05) is 18.0 Å². The smallest absolute Gasteiger partial charge is 0.273 e. The molecule has 1 N–H and O–H groups in total. The van der Waals surface area contributed by atoms with Crippen LogP contribution in [0.25, 0.3) is 0 Å². The molecule has 0 saturated carbocycles. The quantitative estimate of drug-likeness (QED) is 0.230. The third-order valence-corrected chi connectivity index (χ3v) is 8.51. The van der Waals surface area contributed by atoms with E-state index in [4.69, 9.17) is 16.3 Å². The van der Waals surface area contributed by atoms with Crippen molar-refractivity contribution in [1.29, 1.82) is 0 Å². The zero-order chi connectivity index (χ0) is 32.1. The summed E-state index contributed by atoms with van der Waals surface area (Å²) >= 11 is 6.25. The van der Waals surface area contributed by atoms with Crippen LogP contribution in [-0.2, 0) is 26.2 Å². The number of aryl methyl sites for hydroxylation is 1. The summed E-state index contributed by atoms with van der Waals surface area (Å²) in [7, 11) is -3.28. The van der Waals surface area contributed by atoms with Crippen molar-refractivity contribution in [1.82, 2.24) is 10.2 Å². The van der Waals surface area contributed by atoms with Gasteiger partial charge in [-0.1, -0.05) is 48.0 Å². The van der Waals surface area contributed by atoms with Gasteiger partial charge < -0.3 is 15.0 Å². The van der Waals surface area contributed by atoms with Crippen molar-refractivity contribution in [3.63, 3.8) is 0 Å². The number of amides is 2. The van der Waals surface area contributed by atoms with E-state index in [0.717, 1.165) is 15.9 Å². The molecule has 0 radical (unpaired) electrons. The molecule has 3 aromatic carbocycles. The molecule has 0 aliphatic heterocycles. The Morgan fingerprint density at radius 2 is 1.72 bits per heavy atom. The van der Waals surface area contributed by atoms with Crippen molar-refractivity contribution < 1.29 is 27.7 Å². The molecule has 3 aromatic rings. The topological polar surface area (TPSA) is 139 Å². The molecule has 0 fully saturated rings. The number of nitro groups is 1. The summed E-state index contributed by atoms with van der Waals surface area (Å²) < 4.78 is 34.5. The minimum atomic E-state index is -4.61. The average molecular weight is 631 g/mol. The number of halogens is 1. The van der Waals surface area contributed by atoms with Crippen LogP contribution in [0.1, 0.15) is 38.8 Å². The van der Waals surface area contributed by atoms with Crippen LogP contribution in [0.2, 0.25) is 5.02 Å². The number of benzene rings is 3. The lowest BCUT2D eigenvalue weighted by molar-refractivity contribution is -0.385. The lowest BCUT2D eigenvalue weighted by atomic mass is 10.1. The Morgan fingerprint density at radius 3 is 2.30 bits per heavy atom. The number of nitro benzene ring substituents is 1. The SMILES string of the molecule is COc1ccc(Cl)cc1N(CC(=O)N(Cc1ccccc1)[C@@H](C)C(=O)NC(C)(C)C)S(=O)(=O)c1ccc(C)c([N+](=O)[O-])c1. The highest BCUT2D eigenvalue weighted by atomic mass is 35.5. The summed E-state index contributed by atoms with van der Waals surface area (Å²) in [5.41, 5.74) is -0.0623. The van der Waals surface area contributed by atoms with Gasteiger partial charge in [0.1, 0.15) is 18.3 Å². The maximum atomic E-state index is 14.2. The molecule has 1 atom stereocenters. The largest absolute Gasteiger partial charge is 0.495 e. The van der Waals surface area contributed by atoms with Crippen LogP contribution in [0.15, 0.2) is 71.6 Å². The Kier molecular flexibility index (Phi) is 10.4. The molecule has 0 unspecified atom stereocenters. The normalized spacial score (nSPS) is 12.3. The molecule has 0 aliphatic carbocycles. The highest BCUT2D eigenvalue weighted by Gasteiger charge is 2.35. The Labute approximate surface area is 256 Å². The summed E-state index contributed by atoms with van der Waals surface area (Å²) in [5.74, 6) is -1.04. The van der Waals surface area contributed by atoms with Crippen LogP contribution in [0.4, 0.5) is 11.4 Å². The lowest BCUT2D eigenvalue weighted by Gasteiger charge is -2.33. The molecule has 0 spiro atoms. The molecule has 0 heterocycles. The van der Waals surface area contributed by atoms with Crippen molar-refractivity contribution in [3.8, 4) is 5.75 Å².